The minimum Gasteiger partial charge on any atom is -0.395 e. The van der Waals surface area contributed by atoms with E-state index < -0.39 is 19.0 Å². The molecule has 0 aromatic carbocycles. The quantitative estimate of drug-likeness (QED) is 0.643. The molecule has 90 valence electrons. The predicted octanol–water partition coefficient (Wildman–Crippen LogP) is 0.0704. The number of carbonyl (C=O) groups excluding carboxylic acids is 1. The molecule has 2 N–H and O–H groups in total. The number of amides is 1. The molecule has 0 radical (unpaired) electrons. The molecular formula is C9H18F2N2O2. The lowest BCUT2D eigenvalue weighted by Crippen LogP contribution is -2.47. The van der Waals surface area contributed by atoms with Crippen LogP contribution < -0.4 is 5.32 Å². The first kappa shape index (κ1) is 14.2. The van der Waals surface area contributed by atoms with Crippen molar-refractivity contribution in [2.75, 3.05) is 26.2 Å². The molecule has 1 unspecified atom stereocenters. The number of hydrogen-bond donors (Lipinski definition) is 2. The van der Waals surface area contributed by atoms with Gasteiger partial charge in [-0.15, -0.1) is 0 Å². The molecule has 0 fully saturated rings. The van der Waals surface area contributed by atoms with E-state index in [9.17, 15) is 13.6 Å². The lowest BCUT2D eigenvalue weighted by molar-refractivity contribution is -0.126. The zero-order valence-corrected chi connectivity index (χ0v) is 9.04. The van der Waals surface area contributed by atoms with E-state index in [0.717, 1.165) is 0 Å². The molecule has 0 heterocycles. The summed E-state index contributed by atoms with van der Waals surface area (Å²) in [7, 11) is 0. The van der Waals surface area contributed by atoms with Crippen molar-refractivity contribution in [3.8, 4) is 0 Å². The fraction of sp³-hybridized carbons (Fsp3) is 0.889. The van der Waals surface area contributed by atoms with Crippen LogP contribution in [-0.4, -0.2) is 54.6 Å². The molecule has 0 bridgehead atoms. The number of likely N-dealkylation sites (N-methyl/N-ethyl adjacent to an activating group) is 1. The standard InChI is InChI=1S/C9H18F2N2O2/c1-3-12-9(15)7(2)13(4-5-14)6-8(10)11/h7-8,14H,3-6H2,1-2H3,(H,12,15). The van der Waals surface area contributed by atoms with E-state index in [-0.39, 0.29) is 19.1 Å². The summed E-state index contributed by atoms with van der Waals surface area (Å²) in [5.74, 6) is -0.299. The molecule has 1 atom stereocenters. The number of aliphatic hydroxyl groups excluding tert-OH is 1. The highest BCUT2D eigenvalue weighted by molar-refractivity contribution is 5.81. The molecule has 0 rings (SSSR count). The van der Waals surface area contributed by atoms with Crippen molar-refractivity contribution in [1.82, 2.24) is 10.2 Å². The topological polar surface area (TPSA) is 52.6 Å². The van der Waals surface area contributed by atoms with Gasteiger partial charge in [-0.3, -0.25) is 9.69 Å². The van der Waals surface area contributed by atoms with Crippen molar-refractivity contribution in [2.24, 2.45) is 0 Å². The molecule has 0 aliphatic carbocycles. The van der Waals surface area contributed by atoms with Gasteiger partial charge < -0.3 is 10.4 Å². The zero-order valence-electron chi connectivity index (χ0n) is 9.04. The van der Waals surface area contributed by atoms with E-state index in [1.165, 1.54) is 4.90 Å². The smallest absolute Gasteiger partial charge is 0.251 e. The van der Waals surface area contributed by atoms with E-state index in [0.29, 0.717) is 6.54 Å². The molecule has 0 aromatic rings. The SMILES string of the molecule is CCNC(=O)C(C)N(CCO)CC(F)F. The average molecular weight is 224 g/mol. The monoisotopic (exact) mass is 224 g/mol. The first-order valence-corrected chi connectivity index (χ1v) is 4.93. The van der Waals surface area contributed by atoms with Gasteiger partial charge in [0.2, 0.25) is 5.91 Å². The number of nitrogens with zero attached hydrogens (tertiary/aromatic N) is 1. The maximum Gasteiger partial charge on any atom is 0.251 e. The second kappa shape index (κ2) is 7.53. The third kappa shape index (κ3) is 5.64. The summed E-state index contributed by atoms with van der Waals surface area (Å²) in [6.07, 6.45) is -2.51. The Morgan fingerprint density at radius 3 is 2.53 bits per heavy atom. The highest BCUT2D eigenvalue weighted by Gasteiger charge is 2.22. The molecule has 0 aromatic heterocycles. The highest BCUT2D eigenvalue weighted by Crippen LogP contribution is 2.03. The largest absolute Gasteiger partial charge is 0.395 e. The van der Waals surface area contributed by atoms with Crippen LogP contribution >= 0.6 is 0 Å². The summed E-state index contributed by atoms with van der Waals surface area (Å²) < 4.78 is 24.3. The van der Waals surface area contributed by atoms with Crippen LogP contribution in [0.1, 0.15) is 13.8 Å². The van der Waals surface area contributed by atoms with Crippen molar-refractivity contribution in [3.05, 3.63) is 0 Å². The second-order valence-electron chi connectivity index (χ2n) is 3.18. The van der Waals surface area contributed by atoms with Gasteiger partial charge in [-0.2, -0.15) is 0 Å². The fourth-order valence-corrected chi connectivity index (χ4v) is 1.24. The summed E-state index contributed by atoms with van der Waals surface area (Å²) in [4.78, 5) is 12.6. The van der Waals surface area contributed by atoms with E-state index in [2.05, 4.69) is 5.32 Å². The van der Waals surface area contributed by atoms with Crippen LogP contribution in [-0.2, 0) is 4.79 Å². The first-order valence-electron chi connectivity index (χ1n) is 4.93. The van der Waals surface area contributed by atoms with Gasteiger partial charge in [-0.05, 0) is 13.8 Å². The maximum atomic E-state index is 12.2. The minimum atomic E-state index is -2.51. The van der Waals surface area contributed by atoms with E-state index >= 15 is 0 Å². The van der Waals surface area contributed by atoms with Crippen LogP contribution in [0.3, 0.4) is 0 Å². The Kier molecular flexibility index (Phi) is 7.15. The lowest BCUT2D eigenvalue weighted by atomic mass is 10.2. The Bertz CT molecular complexity index is 191. The molecule has 6 heteroatoms. The maximum absolute atomic E-state index is 12.2. The molecule has 0 aliphatic rings. The number of rotatable bonds is 7. The number of aliphatic hydroxyl groups is 1. The van der Waals surface area contributed by atoms with Gasteiger partial charge >= 0.3 is 0 Å². The normalized spacial score (nSPS) is 13.3. The summed E-state index contributed by atoms with van der Waals surface area (Å²) in [5, 5.41) is 11.2. The Hall–Kier alpha value is -0.750. The van der Waals surface area contributed by atoms with Crippen molar-refractivity contribution >= 4 is 5.91 Å². The zero-order chi connectivity index (χ0) is 11.8. The molecule has 0 saturated carbocycles. The molecule has 15 heavy (non-hydrogen) atoms. The van der Waals surface area contributed by atoms with Gasteiger partial charge in [0.05, 0.1) is 19.2 Å². The van der Waals surface area contributed by atoms with E-state index in [1.807, 2.05) is 0 Å². The van der Waals surface area contributed by atoms with Gasteiger partial charge in [0.15, 0.2) is 0 Å². The summed E-state index contributed by atoms with van der Waals surface area (Å²) in [5.41, 5.74) is 0. The molecule has 4 nitrogen and oxygen atoms in total. The third-order valence-corrected chi connectivity index (χ3v) is 2.04. The fourth-order valence-electron chi connectivity index (χ4n) is 1.24. The van der Waals surface area contributed by atoms with Crippen molar-refractivity contribution < 1.29 is 18.7 Å². The lowest BCUT2D eigenvalue weighted by Gasteiger charge is -2.26. The van der Waals surface area contributed by atoms with Crippen LogP contribution in [0, 0.1) is 0 Å². The molecular weight excluding hydrogens is 206 g/mol. The van der Waals surface area contributed by atoms with Gasteiger partial charge in [0.25, 0.3) is 6.43 Å². The van der Waals surface area contributed by atoms with Crippen LogP contribution in [0.25, 0.3) is 0 Å². The van der Waals surface area contributed by atoms with E-state index in [1.54, 1.807) is 13.8 Å². The predicted molar refractivity (Wildman–Crippen MR) is 52.8 cm³/mol. The molecule has 1 amide bonds. The third-order valence-electron chi connectivity index (χ3n) is 2.04. The van der Waals surface area contributed by atoms with Crippen molar-refractivity contribution in [1.29, 1.82) is 0 Å². The minimum absolute atomic E-state index is 0.0721. The number of nitrogens with one attached hydrogen (secondary N) is 1. The Morgan fingerprint density at radius 1 is 1.53 bits per heavy atom. The Morgan fingerprint density at radius 2 is 2.13 bits per heavy atom. The molecule has 0 spiro atoms. The van der Waals surface area contributed by atoms with E-state index in [4.69, 9.17) is 5.11 Å². The summed E-state index contributed by atoms with van der Waals surface area (Å²) >= 11 is 0. The number of hydrogen-bond acceptors (Lipinski definition) is 3. The van der Waals surface area contributed by atoms with Gasteiger partial charge in [-0.1, -0.05) is 0 Å². The van der Waals surface area contributed by atoms with Gasteiger partial charge in [-0.25, -0.2) is 8.78 Å². The highest BCUT2D eigenvalue weighted by atomic mass is 19.3. The Balaban J connectivity index is 4.26. The van der Waals surface area contributed by atoms with Crippen LogP contribution in [0.5, 0.6) is 0 Å². The second-order valence-corrected chi connectivity index (χ2v) is 3.18. The molecule has 0 saturated heterocycles. The molecule has 0 aliphatic heterocycles. The van der Waals surface area contributed by atoms with Crippen LogP contribution in [0.2, 0.25) is 0 Å². The summed E-state index contributed by atoms with van der Waals surface area (Å²) in [6, 6.07) is -0.647. The van der Waals surface area contributed by atoms with Crippen LogP contribution in [0.15, 0.2) is 0 Å². The average Bonchev–Trinajstić information content (AvgIpc) is 2.16. The van der Waals surface area contributed by atoms with Gasteiger partial charge in [0, 0.05) is 13.1 Å². The number of halogens is 2. The van der Waals surface area contributed by atoms with Crippen molar-refractivity contribution in [2.45, 2.75) is 26.3 Å². The number of carbonyl (C=O) groups is 1. The van der Waals surface area contributed by atoms with Crippen molar-refractivity contribution in [3.63, 3.8) is 0 Å². The van der Waals surface area contributed by atoms with Crippen LogP contribution in [0.4, 0.5) is 8.78 Å². The summed E-state index contributed by atoms with van der Waals surface area (Å²) in [6.45, 7) is 3.10. The number of alkyl halides is 2. The Labute approximate surface area is 88.3 Å². The van der Waals surface area contributed by atoms with Gasteiger partial charge in [0.1, 0.15) is 0 Å². The first-order chi connectivity index (χ1) is 7.02.